The largest absolute Gasteiger partial charge is 0.346 e. The molecule has 3 aromatic heterocycles. The van der Waals surface area contributed by atoms with E-state index in [-0.39, 0.29) is 11.8 Å². The van der Waals surface area contributed by atoms with Gasteiger partial charge in [0.1, 0.15) is 0 Å². The normalized spacial score (nSPS) is 13.7. The fourth-order valence-electron chi connectivity index (χ4n) is 4.57. The minimum Gasteiger partial charge on any atom is -0.346 e. The molecule has 4 heterocycles. The van der Waals surface area contributed by atoms with Crippen molar-refractivity contribution < 1.29 is 9.59 Å². The lowest BCUT2D eigenvalue weighted by atomic mass is 10.1. The summed E-state index contributed by atoms with van der Waals surface area (Å²) >= 11 is 0. The van der Waals surface area contributed by atoms with Gasteiger partial charge in [0.25, 0.3) is 5.91 Å². The Balaban J connectivity index is 1.30. The Hall–Kier alpha value is -4.27. The van der Waals surface area contributed by atoms with Crippen LogP contribution < -0.4 is 5.32 Å². The third-order valence-electron chi connectivity index (χ3n) is 6.48. The summed E-state index contributed by atoms with van der Waals surface area (Å²) in [4.78, 5) is 41.4. The molecule has 1 fully saturated rings. The van der Waals surface area contributed by atoms with Crippen LogP contribution in [0.5, 0.6) is 0 Å². The lowest BCUT2D eigenvalue weighted by molar-refractivity contribution is -0.130. The first kappa shape index (κ1) is 23.5. The van der Waals surface area contributed by atoms with Crippen LogP contribution in [0.25, 0.3) is 22.2 Å². The first-order valence-electron chi connectivity index (χ1n) is 12.2. The predicted molar refractivity (Wildman–Crippen MR) is 139 cm³/mol. The molecule has 4 aromatic rings. The summed E-state index contributed by atoms with van der Waals surface area (Å²) < 4.78 is 2.21. The van der Waals surface area contributed by atoms with E-state index < -0.39 is 0 Å². The molecule has 36 heavy (non-hydrogen) atoms. The standard InChI is InChI=1S/C27H29N7O2/c1-3-12-34-18-23(22-8-10-28-17-25(22)34)24-9-11-29-27(31-24)30-21-6-4-20(5-7-21)26(36)33-15-13-32(14-16-33)19(2)35/h4-11,17-18H,3,12-16H2,1-2H3,(H,29,30,31). The van der Waals surface area contributed by atoms with Crippen LogP contribution in [0.2, 0.25) is 0 Å². The molecule has 9 nitrogen and oxygen atoms in total. The Bertz CT molecular complexity index is 1390. The van der Waals surface area contributed by atoms with Crippen LogP contribution in [-0.4, -0.2) is 67.3 Å². The molecule has 1 aromatic carbocycles. The Morgan fingerprint density at radius 3 is 2.44 bits per heavy atom. The maximum Gasteiger partial charge on any atom is 0.253 e. The molecule has 0 unspecified atom stereocenters. The van der Waals surface area contributed by atoms with E-state index >= 15 is 0 Å². The van der Waals surface area contributed by atoms with Gasteiger partial charge in [0.05, 0.1) is 17.4 Å². The third-order valence-corrected chi connectivity index (χ3v) is 6.48. The van der Waals surface area contributed by atoms with E-state index in [9.17, 15) is 9.59 Å². The number of fused-ring (bicyclic) bond motifs is 1. The number of aromatic nitrogens is 4. The number of hydrogen-bond acceptors (Lipinski definition) is 6. The number of benzene rings is 1. The van der Waals surface area contributed by atoms with Crippen LogP contribution in [0.3, 0.4) is 0 Å². The topological polar surface area (TPSA) is 96.2 Å². The number of carbonyl (C=O) groups excluding carboxylic acids is 2. The molecule has 9 heteroatoms. The molecule has 1 saturated heterocycles. The van der Waals surface area contributed by atoms with Crippen molar-refractivity contribution in [3.05, 3.63) is 66.7 Å². The Kier molecular flexibility index (Phi) is 6.62. The molecule has 5 rings (SSSR count). The third kappa shape index (κ3) is 4.77. The molecule has 1 aliphatic heterocycles. The molecule has 184 valence electrons. The number of nitrogens with zero attached hydrogens (tertiary/aromatic N) is 6. The molecule has 0 radical (unpaired) electrons. The Morgan fingerprint density at radius 1 is 0.972 bits per heavy atom. The second kappa shape index (κ2) is 10.2. The van der Waals surface area contributed by atoms with Crippen molar-refractivity contribution in [1.82, 2.24) is 29.3 Å². The van der Waals surface area contributed by atoms with E-state index in [1.807, 2.05) is 30.5 Å². The van der Waals surface area contributed by atoms with Gasteiger partial charge < -0.3 is 19.7 Å². The van der Waals surface area contributed by atoms with Gasteiger partial charge in [-0.15, -0.1) is 0 Å². The van der Waals surface area contributed by atoms with Gasteiger partial charge in [-0.25, -0.2) is 9.97 Å². The summed E-state index contributed by atoms with van der Waals surface area (Å²) in [6.07, 6.45) is 8.59. The number of aryl methyl sites for hydroxylation is 1. The maximum atomic E-state index is 12.9. The molecule has 2 amide bonds. The lowest BCUT2D eigenvalue weighted by Gasteiger charge is -2.34. The highest BCUT2D eigenvalue weighted by molar-refractivity contribution is 5.95. The van der Waals surface area contributed by atoms with E-state index in [2.05, 4.69) is 33.0 Å². The van der Waals surface area contributed by atoms with Gasteiger partial charge in [0.2, 0.25) is 11.9 Å². The van der Waals surface area contributed by atoms with E-state index in [0.717, 1.165) is 40.8 Å². The highest BCUT2D eigenvalue weighted by Gasteiger charge is 2.23. The smallest absolute Gasteiger partial charge is 0.253 e. The van der Waals surface area contributed by atoms with Crippen molar-refractivity contribution in [2.75, 3.05) is 31.5 Å². The number of piperazine rings is 1. The number of rotatable bonds is 6. The maximum absolute atomic E-state index is 12.9. The van der Waals surface area contributed by atoms with E-state index in [4.69, 9.17) is 4.98 Å². The fourth-order valence-corrected chi connectivity index (χ4v) is 4.57. The fraction of sp³-hybridized carbons (Fsp3) is 0.296. The van der Waals surface area contributed by atoms with Crippen LogP contribution in [0.15, 0.2) is 61.2 Å². The van der Waals surface area contributed by atoms with Crippen molar-refractivity contribution in [2.45, 2.75) is 26.8 Å². The van der Waals surface area contributed by atoms with Crippen molar-refractivity contribution in [2.24, 2.45) is 0 Å². The number of hydrogen-bond donors (Lipinski definition) is 1. The zero-order chi connectivity index (χ0) is 25.1. The second-order valence-corrected chi connectivity index (χ2v) is 8.90. The quantitative estimate of drug-likeness (QED) is 0.446. The summed E-state index contributed by atoms with van der Waals surface area (Å²) in [6, 6.07) is 11.2. The van der Waals surface area contributed by atoms with E-state index in [0.29, 0.717) is 37.7 Å². The average molecular weight is 484 g/mol. The van der Waals surface area contributed by atoms with Gasteiger partial charge >= 0.3 is 0 Å². The number of carbonyl (C=O) groups is 2. The summed E-state index contributed by atoms with van der Waals surface area (Å²) in [7, 11) is 0. The van der Waals surface area contributed by atoms with E-state index in [1.165, 1.54) is 0 Å². The van der Waals surface area contributed by atoms with Crippen LogP contribution in [-0.2, 0) is 11.3 Å². The molecule has 0 bridgehead atoms. The number of anilines is 2. The predicted octanol–water partition coefficient (Wildman–Crippen LogP) is 3.95. The van der Waals surface area contributed by atoms with Gasteiger partial charge in [-0.3, -0.25) is 14.6 Å². The summed E-state index contributed by atoms with van der Waals surface area (Å²) in [6.45, 7) is 6.86. The molecular weight excluding hydrogens is 454 g/mol. The average Bonchev–Trinajstić information content (AvgIpc) is 3.28. The van der Waals surface area contributed by atoms with Crippen molar-refractivity contribution in [3.8, 4) is 11.3 Å². The molecule has 0 atom stereocenters. The molecule has 1 N–H and O–H groups in total. The lowest BCUT2D eigenvalue weighted by Crippen LogP contribution is -2.50. The number of pyridine rings is 1. The van der Waals surface area contributed by atoms with Gasteiger partial charge in [0, 0.05) is 80.4 Å². The van der Waals surface area contributed by atoms with Gasteiger partial charge in [-0.05, 0) is 42.8 Å². The Labute approximate surface area is 209 Å². The first-order valence-corrected chi connectivity index (χ1v) is 12.2. The minimum atomic E-state index is -0.0269. The molecule has 0 spiro atoms. The van der Waals surface area contributed by atoms with Crippen molar-refractivity contribution >= 4 is 34.4 Å². The minimum absolute atomic E-state index is 0.0269. The van der Waals surface area contributed by atoms with Crippen molar-refractivity contribution in [3.63, 3.8) is 0 Å². The molecule has 1 aliphatic rings. The van der Waals surface area contributed by atoms with Gasteiger partial charge in [-0.2, -0.15) is 0 Å². The highest BCUT2D eigenvalue weighted by Crippen LogP contribution is 2.30. The van der Waals surface area contributed by atoms with E-state index in [1.54, 1.807) is 41.2 Å². The zero-order valence-electron chi connectivity index (χ0n) is 20.5. The number of nitrogens with one attached hydrogen (secondary N) is 1. The Morgan fingerprint density at radius 2 is 1.72 bits per heavy atom. The molecule has 0 aliphatic carbocycles. The van der Waals surface area contributed by atoms with Gasteiger partial charge in [0.15, 0.2) is 0 Å². The summed E-state index contributed by atoms with van der Waals surface area (Å²) in [5.74, 6) is 0.505. The van der Waals surface area contributed by atoms with Crippen LogP contribution in [0.4, 0.5) is 11.6 Å². The van der Waals surface area contributed by atoms with Gasteiger partial charge in [-0.1, -0.05) is 6.92 Å². The van der Waals surface area contributed by atoms with Crippen LogP contribution in [0, 0.1) is 0 Å². The van der Waals surface area contributed by atoms with Crippen molar-refractivity contribution in [1.29, 1.82) is 0 Å². The monoisotopic (exact) mass is 483 g/mol. The van der Waals surface area contributed by atoms with Crippen LogP contribution in [0.1, 0.15) is 30.6 Å². The SMILES string of the molecule is CCCn1cc(-c2ccnc(Nc3ccc(C(=O)N4CCN(C(C)=O)CC4)cc3)n2)c2ccncc21. The highest BCUT2D eigenvalue weighted by atomic mass is 16.2. The number of amides is 2. The second-order valence-electron chi connectivity index (χ2n) is 8.90. The zero-order valence-corrected chi connectivity index (χ0v) is 20.5. The summed E-state index contributed by atoms with van der Waals surface area (Å²) in [5, 5.41) is 4.35. The molecule has 0 saturated carbocycles. The van der Waals surface area contributed by atoms with Crippen LogP contribution >= 0.6 is 0 Å². The summed E-state index contributed by atoms with van der Waals surface area (Å²) in [5.41, 5.74) is 4.36. The molecular formula is C27H29N7O2. The first-order chi connectivity index (χ1) is 17.5.